The molecule has 4 rings (SSSR count). The van der Waals surface area contributed by atoms with Gasteiger partial charge in [-0.25, -0.2) is 4.98 Å². The fraction of sp³-hybridized carbons (Fsp3) is 0. The minimum atomic E-state index is -0.548. The van der Waals surface area contributed by atoms with Gasteiger partial charge in [0.05, 0.1) is 16.0 Å². The van der Waals surface area contributed by atoms with E-state index < -0.39 is 10.8 Å². The van der Waals surface area contributed by atoms with Crippen molar-refractivity contribution < 1.29 is 20.0 Å². The number of aromatic nitrogens is 2. The molecular weight excluding hydrogens is 376 g/mol. The Morgan fingerprint density at radius 1 is 1.07 bits per heavy atom. The molecule has 0 spiro atoms. The minimum absolute atomic E-state index is 0.121. The molecule has 0 aliphatic carbocycles. The van der Waals surface area contributed by atoms with E-state index in [9.17, 15) is 25.2 Å². The number of nitro benzene ring substituents is 1. The monoisotopic (exact) mass is 390 g/mol. The van der Waals surface area contributed by atoms with Crippen LogP contribution in [0.3, 0.4) is 0 Å². The number of nitrogens with zero attached hydrogens (tertiary/aromatic N) is 3. The molecule has 0 saturated heterocycles. The summed E-state index contributed by atoms with van der Waals surface area (Å²) in [5.74, 6) is -0.374. The van der Waals surface area contributed by atoms with Crippen LogP contribution in [0.5, 0.6) is 5.75 Å². The largest absolute Gasteiger partial charge is 0.507 e. The maximum absolute atomic E-state index is 12.3. The van der Waals surface area contributed by atoms with Crippen LogP contribution in [0.4, 0.5) is 11.4 Å². The molecule has 0 bridgehead atoms. The summed E-state index contributed by atoms with van der Waals surface area (Å²) >= 11 is 0. The Hall–Kier alpha value is -4.40. The lowest BCUT2D eigenvalue weighted by Crippen LogP contribution is -2.11. The molecule has 1 amide bonds. The average Bonchev–Trinajstić information content (AvgIpc) is 3.05. The molecule has 4 aromatic rings. The standard InChI is InChI=1S/C20H14N4O5/c25-18-4-2-1-3-15(18)20(26)21-13-7-5-12(6-8-13)19-22-16-10-9-14(24(28)29)11-17(16)23(19)27/h1-11,25,27H,(H,21,26). The van der Waals surface area contributed by atoms with E-state index >= 15 is 0 Å². The van der Waals surface area contributed by atoms with E-state index in [0.717, 1.165) is 4.73 Å². The predicted molar refractivity (Wildman–Crippen MR) is 105 cm³/mol. The summed E-state index contributed by atoms with van der Waals surface area (Å²) < 4.78 is 0.790. The van der Waals surface area contributed by atoms with Crippen LogP contribution in [0.25, 0.3) is 22.4 Å². The molecule has 1 heterocycles. The summed E-state index contributed by atoms with van der Waals surface area (Å²) in [6.07, 6.45) is 0. The van der Waals surface area contributed by atoms with Crippen molar-refractivity contribution in [3.63, 3.8) is 0 Å². The van der Waals surface area contributed by atoms with Crippen molar-refractivity contribution >= 4 is 28.3 Å². The Balaban J connectivity index is 1.61. The normalized spacial score (nSPS) is 10.8. The van der Waals surface area contributed by atoms with Crippen LogP contribution < -0.4 is 5.32 Å². The van der Waals surface area contributed by atoms with Crippen molar-refractivity contribution in [3.05, 3.63) is 82.4 Å². The van der Waals surface area contributed by atoms with Crippen LogP contribution in [0.1, 0.15) is 10.4 Å². The number of carbonyl (C=O) groups is 1. The first-order valence-electron chi connectivity index (χ1n) is 8.50. The SMILES string of the molecule is O=C(Nc1ccc(-c2nc3ccc([N+](=O)[O-])cc3n2O)cc1)c1ccccc1O. The zero-order chi connectivity index (χ0) is 20.5. The second kappa shape index (κ2) is 6.97. The number of imidazole rings is 1. The fourth-order valence-electron chi connectivity index (χ4n) is 2.92. The number of phenolic OH excluding ortho intramolecular Hbond substituents is 1. The van der Waals surface area contributed by atoms with E-state index in [1.54, 1.807) is 36.4 Å². The van der Waals surface area contributed by atoms with Crippen molar-refractivity contribution in [1.82, 2.24) is 9.71 Å². The number of non-ortho nitro benzene ring substituents is 1. The third-order valence-corrected chi connectivity index (χ3v) is 4.37. The van der Waals surface area contributed by atoms with Crippen LogP contribution in [-0.2, 0) is 0 Å². The number of nitro groups is 1. The lowest BCUT2D eigenvalue weighted by molar-refractivity contribution is -0.384. The third-order valence-electron chi connectivity index (χ3n) is 4.37. The quantitative estimate of drug-likeness (QED) is 0.276. The molecule has 0 aliphatic rings. The fourth-order valence-corrected chi connectivity index (χ4v) is 2.92. The lowest BCUT2D eigenvalue weighted by atomic mass is 10.1. The number of carbonyl (C=O) groups excluding carboxylic acids is 1. The van der Waals surface area contributed by atoms with Gasteiger partial charge in [-0.05, 0) is 42.5 Å². The van der Waals surface area contributed by atoms with Gasteiger partial charge in [0.15, 0.2) is 5.82 Å². The van der Waals surface area contributed by atoms with Crippen LogP contribution in [0.15, 0.2) is 66.7 Å². The molecule has 0 fully saturated rings. The maximum atomic E-state index is 12.3. The second-order valence-corrected chi connectivity index (χ2v) is 6.23. The van der Waals surface area contributed by atoms with Crippen LogP contribution in [0, 0.1) is 10.1 Å². The van der Waals surface area contributed by atoms with Crippen molar-refractivity contribution in [2.24, 2.45) is 0 Å². The highest BCUT2D eigenvalue weighted by Crippen LogP contribution is 2.27. The van der Waals surface area contributed by atoms with Crippen LogP contribution in [-0.4, -0.2) is 30.9 Å². The molecule has 3 N–H and O–H groups in total. The molecule has 9 heteroatoms. The number of hydrogen-bond acceptors (Lipinski definition) is 6. The Morgan fingerprint density at radius 2 is 1.79 bits per heavy atom. The average molecular weight is 390 g/mol. The number of amides is 1. The van der Waals surface area contributed by atoms with Gasteiger partial charge in [0.25, 0.3) is 11.6 Å². The number of para-hydroxylation sites is 1. The molecule has 9 nitrogen and oxygen atoms in total. The van der Waals surface area contributed by atoms with Gasteiger partial charge in [-0.3, -0.25) is 14.9 Å². The highest BCUT2D eigenvalue weighted by atomic mass is 16.6. The highest BCUT2D eigenvalue weighted by Gasteiger charge is 2.16. The summed E-state index contributed by atoms with van der Waals surface area (Å²) in [6, 6.07) is 16.7. The molecule has 0 aliphatic heterocycles. The van der Waals surface area contributed by atoms with Gasteiger partial charge < -0.3 is 15.6 Å². The summed E-state index contributed by atoms with van der Waals surface area (Å²) in [4.78, 5) is 26.9. The van der Waals surface area contributed by atoms with Crippen molar-refractivity contribution in [1.29, 1.82) is 0 Å². The first-order valence-corrected chi connectivity index (χ1v) is 8.50. The Kier molecular flexibility index (Phi) is 4.32. The number of phenols is 1. The molecule has 1 aromatic heterocycles. The molecule has 0 radical (unpaired) electrons. The molecule has 0 unspecified atom stereocenters. The first-order chi connectivity index (χ1) is 13.9. The van der Waals surface area contributed by atoms with E-state index in [2.05, 4.69) is 10.3 Å². The van der Waals surface area contributed by atoms with Crippen LogP contribution in [0.2, 0.25) is 0 Å². The van der Waals surface area contributed by atoms with E-state index in [-0.39, 0.29) is 28.3 Å². The molecule has 3 aromatic carbocycles. The van der Waals surface area contributed by atoms with Crippen molar-refractivity contribution in [2.45, 2.75) is 0 Å². The number of benzene rings is 3. The Labute approximate surface area is 163 Å². The molecule has 29 heavy (non-hydrogen) atoms. The van der Waals surface area contributed by atoms with Gasteiger partial charge in [0, 0.05) is 23.4 Å². The van der Waals surface area contributed by atoms with Crippen molar-refractivity contribution in [2.75, 3.05) is 5.32 Å². The summed E-state index contributed by atoms with van der Waals surface area (Å²) in [5, 5.41) is 33.7. The molecular formula is C20H14N4O5. The smallest absolute Gasteiger partial charge is 0.271 e. The Bertz CT molecular complexity index is 1250. The van der Waals surface area contributed by atoms with Gasteiger partial charge in [-0.1, -0.05) is 12.1 Å². The van der Waals surface area contributed by atoms with Crippen LogP contribution >= 0.6 is 0 Å². The molecule has 0 atom stereocenters. The second-order valence-electron chi connectivity index (χ2n) is 6.23. The first kappa shape index (κ1) is 18.0. The van der Waals surface area contributed by atoms with E-state index in [0.29, 0.717) is 16.8 Å². The highest BCUT2D eigenvalue weighted by molar-refractivity contribution is 6.06. The zero-order valence-electron chi connectivity index (χ0n) is 14.8. The van der Waals surface area contributed by atoms with Crippen molar-refractivity contribution in [3.8, 4) is 17.1 Å². The van der Waals surface area contributed by atoms with E-state index in [1.807, 2.05) is 0 Å². The van der Waals surface area contributed by atoms with Gasteiger partial charge in [-0.2, -0.15) is 4.73 Å². The third kappa shape index (κ3) is 3.32. The number of fused-ring (bicyclic) bond motifs is 1. The zero-order valence-corrected chi connectivity index (χ0v) is 14.8. The summed E-state index contributed by atoms with van der Waals surface area (Å²) in [7, 11) is 0. The number of anilines is 1. The predicted octanol–water partition coefficient (Wildman–Crippen LogP) is 3.81. The van der Waals surface area contributed by atoms with Gasteiger partial charge in [0.1, 0.15) is 11.3 Å². The summed E-state index contributed by atoms with van der Waals surface area (Å²) in [6.45, 7) is 0. The number of nitrogens with one attached hydrogen (secondary N) is 1. The summed E-state index contributed by atoms with van der Waals surface area (Å²) in [5.41, 5.74) is 1.65. The van der Waals surface area contributed by atoms with Gasteiger partial charge in [-0.15, -0.1) is 0 Å². The number of aromatic hydroxyl groups is 1. The molecule has 144 valence electrons. The van der Waals surface area contributed by atoms with E-state index in [1.165, 1.54) is 30.3 Å². The number of hydrogen-bond donors (Lipinski definition) is 3. The molecule has 0 saturated carbocycles. The van der Waals surface area contributed by atoms with Gasteiger partial charge >= 0.3 is 0 Å². The minimum Gasteiger partial charge on any atom is -0.507 e. The maximum Gasteiger partial charge on any atom is 0.271 e. The van der Waals surface area contributed by atoms with E-state index in [4.69, 9.17) is 0 Å². The lowest BCUT2D eigenvalue weighted by Gasteiger charge is -2.07. The number of rotatable bonds is 4. The topological polar surface area (TPSA) is 131 Å². The Morgan fingerprint density at radius 3 is 2.48 bits per heavy atom. The van der Waals surface area contributed by atoms with Gasteiger partial charge in [0.2, 0.25) is 0 Å².